The molecule has 3 rings (SSSR count). The Hall–Kier alpha value is -0.570. The zero-order valence-electron chi connectivity index (χ0n) is 10.7. The molecule has 96 valence electrons. The molecule has 2 saturated heterocycles. The zero-order valence-corrected chi connectivity index (χ0v) is 10.7. The van der Waals surface area contributed by atoms with E-state index in [1.807, 2.05) is 0 Å². The van der Waals surface area contributed by atoms with Crippen LogP contribution in [0.15, 0.2) is 0 Å². The average molecular weight is 236 g/mol. The predicted octanol–water partition coefficient (Wildman–Crippen LogP) is 1.92. The highest BCUT2D eigenvalue weighted by atomic mass is 16.2. The SMILES string of the molecule is O=C1C[C@H]2CCCCC2N1C1CCCNCC1. The van der Waals surface area contributed by atoms with Gasteiger partial charge in [0.05, 0.1) is 0 Å². The van der Waals surface area contributed by atoms with E-state index in [1.54, 1.807) is 0 Å². The molecule has 2 heterocycles. The number of carbonyl (C=O) groups excluding carboxylic acids is 1. The minimum Gasteiger partial charge on any atom is -0.336 e. The van der Waals surface area contributed by atoms with Gasteiger partial charge >= 0.3 is 0 Å². The van der Waals surface area contributed by atoms with E-state index in [-0.39, 0.29) is 0 Å². The molecular formula is C14H24N2O. The summed E-state index contributed by atoms with van der Waals surface area (Å²) in [5.74, 6) is 1.14. The molecule has 3 nitrogen and oxygen atoms in total. The monoisotopic (exact) mass is 236 g/mol. The van der Waals surface area contributed by atoms with Gasteiger partial charge in [0, 0.05) is 18.5 Å². The minimum atomic E-state index is 0.453. The van der Waals surface area contributed by atoms with Crippen molar-refractivity contribution in [3.8, 4) is 0 Å². The van der Waals surface area contributed by atoms with Crippen LogP contribution in [-0.2, 0) is 4.79 Å². The Bertz CT molecular complexity index is 284. The smallest absolute Gasteiger partial charge is 0.223 e. The Kier molecular flexibility index (Phi) is 3.37. The molecule has 2 unspecified atom stereocenters. The van der Waals surface area contributed by atoms with Gasteiger partial charge < -0.3 is 10.2 Å². The number of hydrogen-bond donors (Lipinski definition) is 1. The van der Waals surface area contributed by atoms with E-state index in [1.165, 1.54) is 38.5 Å². The van der Waals surface area contributed by atoms with Gasteiger partial charge in [0.1, 0.15) is 0 Å². The molecule has 1 N–H and O–H groups in total. The summed E-state index contributed by atoms with van der Waals surface area (Å²) in [6.45, 7) is 2.22. The lowest BCUT2D eigenvalue weighted by Crippen LogP contribution is -2.44. The fourth-order valence-corrected chi connectivity index (χ4v) is 4.06. The second-order valence-corrected chi connectivity index (χ2v) is 5.95. The Morgan fingerprint density at radius 3 is 2.82 bits per heavy atom. The van der Waals surface area contributed by atoms with Crippen LogP contribution in [0.4, 0.5) is 0 Å². The lowest BCUT2D eigenvalue weighted by Gasteiger charge is -2.36. The molecule has 1 amide bonds. The third kappa shape index (κ3) is 2.22. The number of fused-ring (bicyclic) bond motifs is 1. The van der Waals surface area contributed by atoms with Crippen molar-refractivity contribution in [2.24, 2.45) is 5.92 Å². The molecule has 1 saturated carbocycles. The van der Waals surface area contributed by atoms with Gasteiger partial charge in [-0.25, -0.2) is 0 Å². The summed E-state index contributed by atoms with van der Waals surface area (Å²) in [6.07, 6.45) is 9.67. The molecule has 0 aromatic carbocycles. The van der Waals surface area contributed by atoms with Crippen molar-refractivity contribution in [3.05, 3.63) is 0 Å². The summed E-state index contributed by atoms with van der Waals surface area (Å²) in [6, 6.07) is 1.13. The van der Waals surface area contributed by atoms with Crippen molar-refractivity contribution in [2.75, 3.05) is 13.1 Å². The molecule has 0 aromatic rings. The number of rotatable bonds is 1. The van der Waals surface area contributed by atoms with E-state index in [0.717, 1.165) is 25.9 Å². The van der Waals surface area contributed by atoms with Crippen LogP contribution in [-0.4, -0.2) is 36.0 Å². The van der Waals surface area contributed by atoms with E-state index in [4.69, 9.17) is 0 Å². The number of hydrogen-bond acceptors (Lipinski definition) is 2. The van der Waals surface area contributed by atoms with Crippen molar-refractivity contribution in [1.29, 1.82) is 0 Å². The average Bonchev–Trinajstić information content (AvgIpc) is 2.53. The van der Waals surface area contributed by atoms with E-state index in [2.05, 4.69) is 10.2 Å². The number of nitrogens with one attached hydrogen (secondary N) is 1. The highest BCUT2D eigenvalue weighted by Crippen LogP contribution is 2.39. The fraction of sp³-hybridized carbons (Fsp3) is 0.929. The summed E-state index contributed by atoms with van der Waals surface area (Å²) in [5.41, 5.74) is 0. The summed E-state index contributed by atoms with van der Waals surface area (Å²) in [4.78, 5) is 14.6. The molecule has 3 heteroatoms. The first-order valence-corrected chi connectivity index (χ1v) is 7.38. The lowest BCUT2D eigenvalue weighted by molar-refractivity contribution is -0.131. The van der Waals surface area contributed by atoms with Crippen LogP contribution in [0.25, 0.3) is 0 Å². The largest absolute Gasteiger partial charge is 0.336 e. The Balaban J connectivity index is 1.73. The Labute approximate surface area is 104 Å². The molecule has 0 aromatic heterocycles. The van der Waals surface area contributed by atoms with Crippen LogP contribution < -0.4 is 5.32 Å². The molecule has 3 aliphatic rings. The Morgan fingerprint density at radius 1 is 1.00 bits per heavy atom. The first-order chi connectivity index (χ1) is 8.36. The van der Waals surface area contributed by atoms with E-state index >= 15 is 0 Å². The van der Waals surface area contributed by atoms with Gasteiger partial charge in [-0.1, -0.05) is 12.8 Å². The summed E-state index contributed by atoms with van der Waals surface area (Å²) in [5, 5.41) is 3.45. The van der Waals surface area contributed by atoms with Crippen LogP contribution in [0, 0.1) is 5.92 Å². The molecule has 0 radical (unpaired) electrons. The number of likely N-dealkylation sites (tertiary alicyclic amines) is 1. The standard InChI is InChI=1S/C14H24N2O/c17-14-10-11-4-1-2-6-13(11)16(14)12-5-3-8-15-9-7-12/h11-13,15H,1-10H2/t11-,12?,13?/m1/s1. The molecule has 17 heavy (non-hydrogen) atoms. The number of nitrogens with zero attached hydrogens (tertiary/aromatic N) is 1. The summed E-state index contributed by atoms with van der Waals surface area (Å²) < 4.78 is 0. The quantitative estimate of drug-likeness (QED) is 0.754. The topological polar surface area (TPSA) is 32.3 Å². The third-order valence-electron chi connectivity index (χ3n) is 4.89. The van der Waals surface area contributed by atoms with E-state index in [0.29, 0.717) is 23.9 Å². The van der Waals surface area contributed by atoms with Gasteiger partial charge in [-0.15, -0.1) is 0 Å². The first-order valence-electron chi connectivity index (χ1n) is 7.38. The van der Waals surface area contributed by atoms with Gasteiger partial charge in [-0.3, -0.25) is 4.79 Å². The molecule has 0 bridgehead atoms. The molecule has 1 aliphatic carbocycles. The second-order valence-electron chi connectivity index (χ2n) is 5.95. The van der Waals surface area contributed by atoms with Crippen LogP contribution in [0.3, 0.4) is 0 Å². The number of carbonyl (C=O) groups is 1. The van der Waals surface area contributed by atoms with Gasteiger partial charge in [0.2, 0.25) is 5.91 Å². The van der Waals surface area contributed by atoms with Crippen molar-refractivity contribution < 1.29 is 4.79 Å². The molecule has 3 fully saturated rings. The van der Waals surface area contributed by atoms with Crippen LogP contribution in [0.2, 0.25) is 0 Å². The van der Waals surface area contributed by atoms with Gasteiger partial charge in [-0.05, 0) is 51.1 Å². The van der Waals surface area contributed by atoms with Gasteiger partial charge in [0.25, 0.3) is 0 Å². The van der Waals surface area contributed by atoms with Crippen molar-refractivity contribution in [2.45, 2.75) is 63.5 Å². The van der Waals surface area contributed by atoms with Crippen LogP contribution in [0.1, 0.15) is 51.4 Å². The summed E-state index contributed by atoms with van der Waals surface area (Å²) in [7, 11) is 0. The van der Waals surface area contributed by atoms with E-state index < -0.39 is 0 Å². The molecular weight excluding hydrogens is 212 g/mol. The van der Waals surface area contributed by atoms with Crippen molar-refractivity contribution in [1.82, 2.24) is 10.2 Å². The van der Waals surface area contributed by atoms with E-state index in [9.17, 15) is 4.79 Å². The predicted molar refractivity (Wildman–Crippen MR) is 67.7 cm³/mol. The first kappa shape index (κ1) is 11.5. The Morgan fingerprint density at radius 2 is 1.88 bits per heavy atom. The third-order valence-corrected chi connectivity index (χ3v) is 4.89. The second kappa shape index (κ2) is 4.97. The van der Waals surface area contributed by atoms with Crippen LogP contribution >= 0.6 is 0 Å². The lowest BCUT2D eigenvalue weighted by atomic mass is 9.84. The van der Waals surface area contributed by atoms with Crippen LogP contribution in [0.5, 0.6) is 0 Å². The van der Waals surface area contributed by atoms with Crippen molar-refractivity contribution in [3.63, 3.8) is 0 Å². The maximum absolute atomic E-state index is 12.3. The fourth-order valence-electron chi connectivity index (χ4n) is 4.06. The number of amides is 1. The van der Waals surface area contributed by atoms with Gasteiger partial charge in [0.15, 0.2) is 0 Å². The minimum absolute atomic E-state index is 0.453. The highest BCUT2D eigenvalue weighted by Gasteiger charge is 2.43. The zero-order chi connectivity index (χ0) is 11.7. The maximum atomic E-state index is 12.3. The highest BCUT2D eigenvalue weighted by molar-refractivity contribution is 5.79. The van der Waals surface area contributed by atoms with Gasteiger partial charge in [-0.2, -0.15) is 0 Å². The molecule has 3 atom stereocenters. The van der Waals surface area contributed by atoms with Crippen molar-refractivity contribution >= 4 is 5.91 Å². The molecule has 2 aliphatic heterocycles. The molecule has 0 spiro atoms. The normalized spacial score (nSPS) is 38.9. The maximum Gasteiger partial charge on any atom is 0.223 e. The summed E-state index contributed by atoms with van der Waals surface area (Å²) >= 11 is 0.